The molecule has 0 saturated heterocycles. The average molecular weight is 278 g/mol. The topological polar surface area (TPSA) is 0 Å². The van der Waals surface area contributed by atoms with E-state index in [1.54, 1.807) is 0 Å². The highest BCUT2D eigenvalue weighted by atomic mass is 15.3. The van der Waals surface area contributed by atoms with Gasteiger partial charge in [0.05, 0.1) is 20.1 Å². The molecule has 3 aromatic rings. The van der Waals surface area contributed by atoms with Crippen LogP contribution in [0.4, 0.5) is 0 Å². The molecule has 1 nitrogen and oxygen atoms in total. The normalized spacial score (nSPS) is 12.4. The van der Waals surface area contributed by atoms with E-state index in [4.69, 9.17) is 0 Å². The molecule has 0 spiro atoms. The van der Waals surface area contributed by atoms with Crippen molar-refractivity contribution in [3.05, 3.63) is 60.2 Å². The van der Waals surface area contributed by atoms with Crippen LogP contribution in [0.1, 0.15) is 19.4 Å². The predicted molar refractivity (Wildman–Crippen MR) is 92.4 cm³/mol. The molecule has 0 radical (unpaired) electrons. The van der Waals surface area contributed by atoms with Crippen molar-refractivity contribution >= 4 is 21.5 Å². The molecule has 1 heteroatoms. The van der Waals surface area contributed by atoms with Crippen LogP contribution in [0, 0.1) is 0 Å². The lowest BCUT2D eigenvalue weighted by molar-refractivity contribution is -0.923. The Morgan fingerprint density at radius 1 is 0.810 bits per heavy atom. The highest BCUT2D eigenvalue weighted by molar-refractivity contribution is 6.02. The van der Waals surface area contributed by atoms with Gasteiger partial charge in [-0.05, 0) is 41.5 Å². The smallest absolute Gasteiger partial charge is 0.105 e. The van der Waals surface area contributed by atoms with Gasteiger partial charge in [0.2, 0.25) is 0 Å². The van der Waals surface area contributed by atoms with Crippen molar-refractivity contribution < 1.29 is 4.48 Å². The molecule has 0 heterocycles. The SMILES string of the molecule is CC(C)[N+](C)(C)Cc1c2ccccc2cc2ccccc12. The van der Waals surface area contributed by atoms with Crippen LogP contribution in [-0.4, -0.2) is 24.6 Å². The Morgan fingerprint density at radius 3 is 1.76 bits per heavy atom. The van der Waals surface area contributed by atoms with Crippen molar-refractivity contribution in [2.24, 2.45) is 0 Å². The molecule has 3 rings (SSSR count). The maximum Gasteiger partial charge on any atom is 0.105 e. The van der Waals surface area contributed by atoms with Crippen LogP contribution in [0.2, 0.25) is 0 Å². The number of nitrogens with zero attached hydrogens (tertiary/aromatic N) is 1. The van der Waals surface area contributed by atoms with Crippen LogP contribution in [-0.2, 0) is 6.54 Å². The van der Waals surface area contributed by atoms with Gasteiger partial charge in [-0.15, -0.1) is 0 Å². The van der Waals surface area contributed by atoms with Gasteiger partial charge in [0.1, 0.15) is 6.54 Å². The zero-order valence-corrected chi connectivity index (χ0v) is 13.4. The molecule has 0 aliphatic heterocycles. The van der Waals surface area contributed by atoms with Gasteiger partial charge in [-0.25, -0.2) is 0 Å². The lowest BCUT2D eigenvalue weighted by Crippen LogP contribution is -2.44. The summed E-state index contributed by atoms with van der Waals surface area (Å²) >= 11 is 0. The standard InChI is InChI=1S/C20H24N/c1-15(2)21(3,4)14-20-18-11-7-5-9-16(18)13-17-10-6-8-12-19(17)20/h5-13,15H,14H2,1-4H3/q+1. The average Bonchev–Trinajstić information content (AvgIpc) is 2.46. The summed E-state index contributed by atoms with van der Waals surface area (Å²) in [6.45, 7) is 5.65. The first kappa shape index (κ1) is 14.1. The third kappa shape index (κ3) is 2.54. The first-order chi connectivity index (χ1) is 9.99. The summed E-state index contributed by atoms with van der Waals surface area (Å²) in [5.41, 5.74) is 1.47. The van der Waals surface area contributed by atoms with Gasteiger partial charge in [-0.3, -0.25) is 0 Å². The monoisotopic (exact) mass is 278 g/mol. The van der Waals surface area contributed by atoms with Gasteiger partial charge in [-0.1, -0.05) is 48.5 Å². The second-order valence-electron chi connectivity index (χ2n) is 6.83. The number of hydrogen-bond donors (Lipinski definition) is 0. The Balaban J connectivity index is 2.30. The van der Waals surface area contributed by atoms with Crippen LogP contribution in [0.25, 0.3) is 21.5 Å². The molecule has 0 aliphatic rings. The van der Waals surface area contributed by atoms with E-state index in [2.05, 4.69) is 82.5 Å². The first-order valence-corrected chi connectivity index (χ1v) is 7.71. The van der Waals surface area contributed by atoms with Gasteiger partial charge in [0, 0.05) is 5.56 Å². The van der Waals surface area contributed by atoms with E-state index >= 15 is 0 Å². The fourth-order valence-electron chi connectivity index (χ4n) is 2.87. The summed E-state index contributed by atoms with van der Waals surface area (Å²) in [5, 5.41) is 5.47. The van der Waals surface area contributed by atoms with Crippen molar-refractivity contribution in [3.8, 4) is 0 Å². The molecule has 0 fully saturated rings. The second kappa shape index (κ2) is 5.16. The minimum absolute atomic E-state index is 0.600. The fourth-order valence-corrected chi connectivity index (χ4v) is 2.87. The summed E-state index contributed by atoms with van der Waals surface area (Å²) in [7, 11) is 4.64. The lowest BCUT2D eigenvalue weighted by atomic mass is 9.96. The van der Waals surface area contributed by atoms with Crippen LogP contribution >= 0.6 is 0 Å². The predicted octanol–water partition coefficient (Wildman–Crippen LogP) is 4.98. The Morgan fingerprint density at radius 2 is 1.29 bits per heavy atom. The van der Waals surface area contributed by atoms with Crippen molar-refractivity contribution in [2.75, 3.05) is 14.1 Å². The molecule has 0 unspecified atom stereocenters. The number of rotatable bonds is 3. The molecule has 0 saturated carbocycles. The highest BCUT2D eigenvalue weighted by Gasteiger charge is 2.22. The number of benzene rings is 3. The molecule has 3 aromatic carbocycles. The van der Waals surface area contributed by atoms with Gasteiger partial charge < -0.3 is 4.48 Å². The molecule has 0 bridgehead atoms. The third-order valence-corrected chi connectivity index (χ3v) is 4.85. The zero-order chi connectivity index (χ0) is 15.0. The van der Waals surface area contributed by atoms with Crippen LogP contribution < -0.4 is 0 Å². The van der Waals surface area contributed by atoms with Crippen LogP contribution in [0.3, 0.4) is 0 Å². The molecule has 0 atom stereocenters. The second-order valence-corrected chi connectivity index (χ2v) is 6.83. The molecular formula is C20H24N+. The minimum atomic E-state index is 0.600. The Hall–Kier alpha value is -1.86. The van der Waals surface area contributed by atoms with Crippen molar-refractivity contribution in [1.82, 2.24) is 0 Å². The molecular weight excluding hydrogens is 254 g/mol. The van der Waals surface area contributed by atoms with E-state index < -0.39 is 0 Å². The molecule has 0 aromatic heterocycles. The Kier molecular flexibility index (Phi) is 3.46. The summed E-state index contributed by atoms with van der Waals surface area (Å²) in [6.07, 6.45) is 0. The van der Waals surface area contributed by atoms with E-state index in [0.29, 0.717) is 6.04 Å². The summed E-state index contributed by atoms with van der Waals surface area (Å²) in [6, 6.07) is 20.4. The van der Waals surface area contributed by atoms with E-state index in [1.165, 1.54) is 27.1 Å². The van der Waals surface area contributed by atoms with Crippen molar-refractivity contribution in [2.45, 2.75) is 26.4 Å². The van der Waals surface area contributed by atoms with Gasteiger partial charge >= 0.3 is 0 Å². The quantitative estimate of drug-likeness (QED) is 0.468. The van der Waals surface area contributed by atoms with E-state index in [9.17, 15) is 0 Å². The number of quaternary nitrogens is 1. The minimum Gasteiger partial charge on any atom is -0.323 e. The molecule has 21 heavy (non-hydrogen) atoms. The Bertz CT molecular complexity index is 730. The summed E-state index contributed by atoms with van der Waals surface area (Å²) < 4.78 is 0.998. The zero-order valence-electron chi connectivity index (χ0n) is 13.4. The maximum atomic E-state index is 2.32. The summed E-state index contributed by atoms with van der Waals surface area (Å²) in [5.74, 6) is 0. The van der Waals surface area contributed by atoms with E-state index in [-0.39, 0.29) is 0 Å². The lowest BCUT2D eigenvalue weighted by Gasteiger charge is -2.35. The van der Waals surface area contributed by atoms with Gasteiger partial charge in [0.25, 0.3) is 0 Å². The van der Waals surface area contributed by atoms with Gasteiger partial charge in [0.15, 0.2) is 0 Å². The maximum absolute atomic E-state index is 2.32. The van der Waals surface area contributed by atoms with Crippen LogP contribution in [0.15, 0.2) is 54.6 Å². The highest BCUT2D eigenvalue weighted by Crippen LogP contribution is 2.30. The van der Waals surface area contributed by atoms with E-state index in [0.717, 1.165) is 11.0 Å². The van der Waals surface area contributed by atoms with Gasteiger partial charge in [-0.2, -0.15) is 0 Å². The van der Waals surface area contributed by atoms with E-state index in [1.807, 2.05) is 0 Å². The van der Waals surface area contributed by atoms with Crippen LogP contribution in [0.5, 0.6) is 0 Å². The fraction of sp³-hybridized carbons (Fsp3) is 0.300. The molecule has 0 aliphatic carbocycles. The van der Waals surface area contributed by atoms with Crippen molar-refractivity contribution in [3.63, 3.8) is 0 Å². The third-order valence-electron chi connectivity index (χ3n) is 4.85. The number of hydrogen-bond acceptors (Lipinski definition) is 0. The molecule has 108 valence electrons. The first-order valence-electron chi connectivity index (χ1n) is 7.71. The van der Waals surface area contributed by atoms with Crippen molar-refractivity contribution in [1.29, 1.82) is 0 Å². The largest absolute Gasteiger partial charge is 0.323 e. The Labute approximate surface area is 127 Å². The summed E-state index contributed by atoms with van der Waals surface area (Å²) in [4.78, 5) is 0. The molecule has 0 amide bonds. The number of fused-ring (bicyclic) bond motifs is 2. The molecule has 0 N–H and O–H groups in total.